The zero-order valence-electron chi connectivity index (χ0n) is 7.27. The van der Waals surface area contributed by atoms with E-state index in [9.17, 15) is 4.79 Å². The van der Waals surface area contributed by atoms with Gasteiger partial charge in [-0.1, -0.05) is 18.2 Å². The van der Waals surface area contributed by atoms with Crippen molar-refractivity contribution in [2.45, 2.75) is 6.29 Å². The monoisotopic (exact) mass is 181 g/mol. The second-order valence-corrected chi connectivity index (χ2v) is 2.40. The van der Waals surface area contributed by atoms with E-state index in [0.717, 1.165) is 0 Å². The molecule has 2 N–H and O–H groups in total. The lowest BCUT2D eigenvalue weighted by atomic mass is 10.3. The number of rotatable bonds is 4. The first-order valence-electron chi connectivity index (χ1n) is 3.78. The van der Waals surface area contributed by atoms with Crippen LogP contribution in [0.15, 0.2) is 30.3 Å². The third kappa shape index (κ3) is 2.76. The fourth-order valence-corrected chi connectivity index (χ4v) is 0.845. The summed E-state index contributed by atoms with van der Waals surface area (Å²) in [5.41, 5.74) is 5.01. The van der Waals surface area contributed by atoms with E-state index in [1.54, 1.807) is 24.3 Å². The van der Waals surface area contributed by atoms with Gasteiger partial charge in [0, 0.05) is 7.11 Å². The molecule has 4 nitrogen and oxygen atoms in total. The first-order chi connectivity index (χ1) is 6.24. The lowest BCUT2D eigenvalue weighted by molar-refractivity contribution is -0.144. The minimum absolute atomic E-state index is 0.549. The van der Waals surface area contributed by atoms with Crippen molar-refractivity contribution in [3.05, 3.63) is 30.3 Å². The van der Waals surface area contributed by atoms with E-state index in [2.05, 4.69) is 0 Å². The first-order valence-corrected chi connectivity index (χ1v) is 3.78. The predicted molar refractivity (Wildman–Crippen MR) is 47.1 cm³/mol. The van der Waals surface area contributed by atoms with Crippen LogP contribution in [0.3, 0.4) is 0 Å². The van der Waals surface area contributed by atoms with Gasteiger partial charge in [-0.2, -0.15) is 0 Å². The van der Waals surface area contributed by atoms with Gasteiger partial charge in [-0.15, -0.1) is 0 Å². The SMILES string of the molecule is COC(Oc1ccccc1)C(N)=O. The molecule has 70 valence electrons. The van der Waals surface area contributed by atoms with E-state index in [-0.39, 0.29) is 0 Å². The van der Waals surface area contributed by atoms with Crippen molar-refractivity contribution >= 4 is 5.91 Å². The molecule has 0 heterocycles. The maximum absolute atomic E-state index is 10.7. The molecule has 1 rings (SSSR count). The molecular weight excluding hydrogens is 170 g/mol. The highest BCUT2D eigenvalue weighted by Gasteiger charge is 2.14. The average molecular weight is 181 g/mol. The van der Waals surface area contributed by atoms with Crippen molar-refractivity contribution in [3.63, 3.8) is 0 Å². The molecule has 0 aliphatic carbocycles. The highest BCUT2D eigenvalue weighted by molar-refractivity contribution is 5.77. The average Bonchev–Trinajstić information content (AvgIpc) is 2.15. The minimum Gasteiger partial charge on any atom is -0.455 e. The van der Waals surface area contributed by atoms with Gasteiger partial charge in [0.25, 0.3) is 12.2 Å². The predicted octanol–water partition coefficient (Wildman–Crippen LogP) is 0.523. The van der Waals surface area contributed by atoms with Crippen molar-refractivity contribution in [1.29, 1.82) is 0 Å². The van der Waals surface area contributed by atoms with Crippen molar-refractivity contribution in [2.75, 3.05) is 7.11 Å². The molecular formula is C9H11NO3. The zero-order chi connectivity index (χ0) is 9.68. The summed E-state index contributed by atoms with van der Waals surface area (Å²) < 4.78 is 9.85. The Labute approximate surface area is 76.3 Å². The molecule has 0 spiro atoms. The van der Waals surface area contributed by atoms with Crippen molar-refractivity contribution in [3.8, 4) is 5.75 Å². The summed E-state index contributed by atoms with van der Waals surface area (Å²) in [6.45, 7) is 0. The molecule has 1 amide bonds. The first kappa shape index (κ1) is 9.54. The van der Waals surface area contributed by atoms with Gasteiger partial charge in [0.05, 0.1) is 0 Å². The summed E-state index contributed by atoms with van der Waals surface area (Å²) in [4.78, 5) is 10.7. The Morgan fingerprint density at radius 1 is 1.38 bits per heavy atom. The molecule has 0 aliphatic heterocycles. The topological polar surface area (TPSA) is 61.6 Å². The Kier molecular flexibility index (Phi) is 3.28. The van der Waals surface area contributed by atoms with Crippen molar-refractivity contribution < 1.29 is 14.3 Å². The molecule has 4 heteroatoms. The summed E-state index contributed by atoms with van der Waals surface area (Å²) in [5, 5.41) is 0. The Morgan fingerprint density at radius 3 is 2.46 bits per heavy atom. The standard InChI is InChI=1S/C9H11NO3/c1-12-9(8(10)11)13-7-5-3-2-4-6-7/h2-6,9H,1H3,(H2,10,11). The quantitative estimate of drug-likeness (QED) is 0.689. The number of carbonyl (C=O) groups excluding carboxylic acids is 1. The highest BCUT2D eigenvalue weighted by atomic mass is 16.7. The summed E-state index contributed by atoms with van der Waals surface area (Å²) in [6.07, 6.45) is -1.03. The summed E-state index contributed by atoms with van der Waals surface area (Å²) in [6, 6.07) is 8.87. The molecule has 1 atom stereocenters. The number of hydrogen-bond donors (Lipinski definition) is 1. The maximum atomic E-state index is 10.7. The van der Waals surface area contributed by atoms with Crippen molar-refractivity contribution in [1.82, 2.24) is 0 Å². The highest BCUT2D eigenvalue weighted by Crippen LogP contribution is 2.10. The number of hydrogen-bond acceptors (Lipinski definition) is 3. The van der Waals surface area contributed by atoms with Crippen LogP contribution in [0, 0.1) is 0 Å². The fraction of sp³-hybridized carbons (Fsp3) is 0.222. The van der Waals surface area contributed by atoms with Gasteiger partial charge < -0.3 is 15.2 Å². The lowest BCUT2D eigenvalue weighted by Crippen LogP contribution is -2.35. The smallest absolute Gasteiger partial charge is 0.287 e. The summed E-state index contributed by atoms with van der Waals surface area (Å²) in [5.74, 6) is -0.0977. The number of methoxy groups -OCH3 is 1. The van der Waals surface area contributed by atoms with Crippen LogP contribution < -0.4 is 10.5 Å². The normalized spacial score (nSPS) is 12.1. The molecule has 0 saturated carbocycles. The van der Waals surface area contributed by atoms with Crippen LogP contribution in [0.1, 0.15) is 0 Å². The maximum Gasteiger partial charge on any atom is 0.287 e. The Balaban J connectivity index is 2.62. The Morgan fingerprint density at radius 2 is 2.00 bits per heavy atom. The van der Waals surface area contributed by atoms with Gasteiger partial charge in [-0.25, -0.2) is 0 Å². The van der Waals surface area contributed by atoms with Crippen LogP contribution >= 0.6 is 0 Å². The third-order valence-corrected chi connectivity index (χ3v) is 1.43. The van der Waals surface area contributed by atoms with Crippen LogP contribution in [-0.2, 0) is 9.53 Å². The number of carbonyl (C=O) groups is 1. The molecule has 0 fully saturated rings. The fourth-order valence-electron chi connectivity index (χ4n) is 0.845. The van der Waals surface area contributed by atoms with Gasteiger partial charge in [0.2, 0.25) is 0 Å². The van der Waals surface area contributed by atoms with Gasteiger partial charge in [0.15, 0.2) is 0 Å². The molecule has 0 aliphatic rings. The van der Waals surface area contributed by atoms with Crippen LogP contribution in [0.5, 0.6) is 5.75 Å². The van der Waals surface area contributed by atoms with Crippen LogP contribution in [0.25, 0.3) is 0 Å². The second kappa shape index (κ2) is 4.47. The third-order valence-electron chi connectivity index (χ3n) is 1.43. The van der Waals surface area contributed by atoms with Gasteiger partial charge in [-0.3, -0.25) is 4.79 Å². The van der Waals surface area contributed by atoms with Gasteiger partial charge >= 0.3 is 0 Å². The molecule has 0 radical (unpaired) electrons. The summed E-state index contributed by atoms with van der Waals surface area (Å²) >= 11 is 0. The van der Waals surface area contributed by atoms with E-state index in [0.29, 0.717) is 5.75 Å². The molecule has 1 aromatic carbocycles. The van der Waals surface area contributed by atoms with E-state index >= 15 is 0 Å². The van der Waals surface area contributed by atoms with E-state index < -0.39 is 12.2 Å². The largest absolute Gasteiger partial charge is 0.455 e. The van der Waals surface area contributed by atoms with Crippen LogP contribution in [-0.4, -0.2) is 19.3 Å². The van der Waals surface area contributed by atoms with Crippen molar-refractivity contribution in [2.24, 2.45) is 5.73 Å². The van der Waals surface area contributed by atoms with Gasteiger partial charge in [0.1, 0.15) is 5.75 Å². The number of benzene rings is 1. The van der Waals surface area contributed by atoms with Gasteiger partial charge in [-0.05, 0) is 12.1 Å². The molecule has 0 aromatic heterocycles. The number of nitrogens with two attached hydrogens (primary N) is 1. The molecule has 0 bridgehead atoms. The van der Waals surface area contributed by atoms with E-state index in [4.69, 9.17) is 15.2 Å². The Bertz CT molecular complexity index is 273. The second-order valence-electron chi connectivity index (χ2n) is 2.40. The van der Waals surface area contributed by atoms with E-state index in [1.165, 1.54) is 7.11 Å². The van der Waals surface area contributed by atoms with E-state index in [1.807, 2.05) is 6.07 Å². The lowest BCUT2D eigenvalue weighted by Gasteiger charge is -2.13. The van der Waals surface area contributed by atoms with Crippen LogP contribution in [0.4, 0.5) is 0 Å². The molecule has 0 saturated heterocycles. The summed E-state index contributed by atoms with van der Waals surface area (Å²) in [7, 11) is 1.36. The minimum atomic E-state index is -1.03. The molecule has 13 heavy (non-hydrogen) atoms. The molecule has 1 aromatic rings. The number of primary amides is 1. The number of para-hydroxylation sites is 1. The van der Waals surface area contributed by atoms with Crippen LogP contribution in [0.2, 0.25) is 0 Å². The number of amides is 1. The Hall–Kier alpha value is -1.55. The zero-order valence-corrected chi connectivity index (χ0v) is 7.27. The molecule has 1 unspecified atom stereocenters. The number of ether oxygens (including phenoxy) is 2.